The third-order valence-corrected chi connectivity index (χ3v) is 5.00. The lowest BCUT2D eigenvalue weighted by molar-refractivity contribution is -0.130. The van der Waals surface area contributed by atoms with Crippen LogP contribution < -0.4 is 21.7 Å². The van der Waals surface area contributed by atoms with Gasteiger partial charge in [-0.2, -0.15) is 0 Å². The van der Waals surface area contributed by atoms with E-state index in [1.807, 2.05) is 6.92 Å². The van der Waals surface area contributed by atoms with Crippen molar-refractivity contribution in [1.82, 2.24) is 16.0 Å². The number of carbonyl (C=O) groups excluding carboxylic acids is 3. The zero-order valence-corrected chi connectivity index (χ0v) is 16.3. The summed E-state index contributed by atoms with van der Waals surface area (Å²) in [5, 5.41) is 8.46. The second kappa shape index (κ2) is 12.7. The van der Waals surface area contributed by atoms with Crippen molar-refractivity contribution in [1.29, 1.82) is 0 Å². The van der Waals surface area contributed by atoms with Crippen LogP contribution >= 0.6 is 0 Å². The van der Waals surface area contributed by atoms with Crippen molar-refractivity contribution >= 4 is 17.7 Å². The highest BCUT2D eigenvalue weighted by Crippen LogP contribution is 2.26. The van der Waals surface area contributed by atoms with Crippen molar-refractivity contribution in [2.45, 2.75) is 83.7 Å². The number of rotatable bonds is 12. The standard InChI is InChI=1S/C19H36N4O3/c1-3-8-16(19(26)22-13-17(20)24)23-18(25)14(2)21-12-7-11-15-9-5-4-6-10-15/h14-16,21H,3-13H2,1-2H3,(H2,20,24)(H,22,26)(H,23,25)/t14-,16+/m1/s1. The van der Waals surface area contributed by atoms with Crippen LogP contribution in [0.5, 0.6) is 0 Å². The van der Waals surface area contributed by atoms with Crippen LogP contribution in [0.1, 0.15) is 71.6 Å². The first kappa shape index (κ1) is 22.4. The Morgan fingerprint density at radius 3 is 2.42 bits per heavy atom. The summed E-state index contributed by atoms with van der Waals surface area (Å²) >= 11 is 0. The Labute approximate surface area is 157 Å². The zero-order valence-electron chi connectivity index (χ0n) is 16.3. The van der Waals surface area contributed by atoms with Gasteiger partial charge in [-0.05, 0) is 38.6 Å². The van der Waals surface area contributed by atoms with Crippen molar-refractivity contribution in [3.05, 3.63) is 0 Å². The van der Waals surface area contributed by atoms with Gasteiger partial charge in [0.05, 0.1) is 12.6 Å². The van der Waals surface area contributed by atoms with E-state index in [1.165, 1.54) is 38.5 Å². The summed E-state index contributed by atoms with van der Waals surface area (Å²) in [7, 11) is 0. The monoisotopic (exact) mass is 368 g/mol. The molecule has 3 amide bonds. The van der Waals surface area contributed by atoms with Gasteiger partial charge in [0.25, 0.3) is 0 Å². The van der Waals surface area contributed by atoms with Gasteiger partial charge in [0.15, 0.2) is 0 Å². The van der Waals surface area contributed by atoms with Gasteiger partial charge >= 0.3 is 0 Å². The van der Waals surface area contributed by atoms with E-state index in [2.05, 4.69) is 16.0 Å². The minimum Gasteiger partial charge on any atom is -0.368 e. The first-order valence-corrected chi connectivity index (χ1v) is 10.0. The van der Waals surface area contributed by atoms with Crippen molar-refractivity contribution in [3.8, 4) is 0 Å². The molecule has 26 heavy (non-hydrogen) atoms. The molecule has 1 fully saturated rings. The third kappa shape index (κ3) is 9.17. The Kier molecular flexibility index (Phi) is 10.9. The maximum atomic E-state index is 12.3. The Morgan fingerprint density at radius 2 is 1.81 bits per heavy atom. The normalized spacial score (nSPS) is 17.3. The van der Waals surface area contributed by atoms with Gasteiger partial charge in [-0.15, -0.1) is 0 Å². The molecule has 1 saturated carbocycles. The minimum absolute atomic E-state index is 0.199. The summed E-state index contributed by atoms with van der Waals surface area (Å²) < 4.78 is 0. The molecule has 0 radical (unpaired) electrons. The number of hydrogen-bond acceptors (Lipinski definition) is 4. The second-order valence-corrected chi connectivity index (χ2v) is 7.36. The summed E-state index contributed by atoms with van der Waals surface area (Å²) in [4.78, 5) is 35.2. The van der Waals surface area contributed by atoms with Crippen LogP contribution in [0.25, 0.3) is 0 Å². The zero-order chi connectivity index (χ0) is 19.4. The van der Waals surface area contributed by atoms with Gasteiger partial charge in [-0.1, -0.05) is 45.4 Å². The van der Waals surface area contributed by atoms with Crippen molar-refractivity contribution in [3.63, 3.8) is 0 Å². The van der Waals surface area contributed by atoms with Gasteiger partial charge in [-0.3, -0.25) is 14.4 Å². The molecule has 0 bridgehead atoms. The highest BCUT2D eigenvalue weighted by Gasteiger charge is 2.22. The molecule has 0 aromatic carbocycles. The first-order valence-electron chi connectivity index (χ1n) is 10.0. The summed E-state index contributed by atoms with van der Waals surface area (Å²) in [6, 6.07) is -0.997. The van der Waals surface area contributed by atoms with E-state index in [9.17, 15) is 14.4 Å². The lowest BCUT2D eigenvalue weighted by Crippen LogP contribution is -2.52. The van der Waals surface area contributed by atoms with Crippen molar-refractivity contribution < 1.29 is 14.4 Å². The van der Waals surface area contributed by atoms with Crippen LogP contribution in [-0.4, -0.2) is 42.9 Å². The van der Waals surface area contributed by atoms with Crippen LogP contribution in [0.4, 0.5) is 0 Å². The van der Waals surface area contributed by atoms with Gasteiger partial charge in [0, 0.05) is 0 Å². The quantitative estimate of drug-likeness (QED) is 0.388. The van der Waals surface area contributed by atoms with E-state index in [-0.39, 0.29) is 24.4 Å². The molecule has 0 aliphatic heterocycles. The molecule has 0 unspecified atom stereocenters. The van der Waals surface area contributed by atoms with Crippen molar-refractivity contribution in [2.75, 3.05) is 13.1 Å². The maximum absolute atomic E-state index is 12.3. The fourth-order valence-electron chi connectivity index (χ4n) is 3.43. The molecule has 0 saturated heterocycles. The Balaban J connectivity index is 2.29. The fraction of sp³-hybridized carbons (Fsp3) is 0.842. The number of amides is 3. The SMILES string of the molecule is CCC[C@H](NC(=O)[C@@H](C)NCCCC1CCCCC1)C(=O)NCC(N)=O. The number of nitrogens with two attached hydrogens (primary N) is 1. The molecule has 7 nitrogen and oxygen atoms in total. The van der Waals surface area contributed by atoms with Crippen LogP contribution in [0.2, 0.25) is 0 Å². The summed E-state index contributed by atoms with van der Waals surface area (Å²) in [5.41, 5.74) is 5.04. The van der Waals surface area contributed by atoms with Crippen LogP contribution in [0.15, 0.2) is 0 Å². The van der Waals surface area contributed by atoms with Crippen LogP contribution in [-0.2, 0) is 14.4 Å². The smallest absolute Gasteiger partial charge is 0.243 e. The molecule has 0 heterocycles. The summed E-state index contributed by atoms with van der Waals surface area (Å²) in [5.74, 6) is -0.329. The molecule has 150 valence electrons. The summed E-state index contributed by atoms with van der Waals surface area (Å²) in [6.45, 7) is 4.33. The number of hydrogen-bond donors (Lipinski definition) is 4. The lowest BCUT2D eigenvalue weighted by Gasteiger charge is -2.22. The van der Waals surface area contributed by atoms with Crippen molar-refractivity contribution in [2.24, 2.45) is 11.7 Å². The summed E-state index contributed by atoms with van der Waals surface area (Å²) in [6.07, 6.45) is 10.3. The average Bonchev–Trinajstić information content (AvgIpc) is 2.63. The van der Waals surface area contributed by atoms with Gasteiger partial charge in [0.2, 0.25) is 17.7 Å². The van der Waals surface area contributed by atoms with E-state index in [0.717, 1.165) is 25.3 Å². The van der Waals surface area contributed by atoms with Gasteiger partial charge in [0.1, 0.15) is 6.04 Å². The number of nitrogens with one attached hydrogen (secondary N) is 3. The Morgan fingerprint density at radius 1 is 1.12 bits per heavy atom. The predicted octanol–water partition coefficient (Wildman–Crippen LogP) is 1.21. The minimum atomic E-state index is -0.640. The Bertz CT molecular complexity index is 450. The van der Waals surface area contributed by atoms with E-state index >= 15 is 0 Å². The van der Waals surface area contributed by atoms with E-state index < -0.39 is 11.9 Å². The first-order chi connectivity index (χ1) is 12.4. The highest BCUT2D eigenvalue weighted by atomic mass is 16.2. The molecule has 1 aliphatic carbocycles. The third-order valence-electron chi connectivity index (χ3n) is 5.00. The van der Waals surface area contributed by atoms with E-state index in [0.29, 0.717) is 6.42 Å². The maximum Gasteiger partial charge on any atom is 0.243 e. The van der Waals surface area contributed by atoms with Gasteiger partial charge < -0.3 is 21.7 Å². The topological polar surface area (TPSA) is 113 Å². The molecular formula is C19H36N4O3. The molecule has 0 aromatic rings. The molecule has 2 atom stereocenters. The molecule has 7 heteroatoms. The molecule has 5 N–H and O–H groups in total. The fourth-order valence-corrected chi connectivity index (χ4v) is 3.43. The number of carbonyl (C=O) groups is 3. The van der Waals surface area contributed by atoms with E-state index in [1.54, 1.807) is 6.92 Å². The molecule has 0 spiro atoms. The van der Waals surface area contributed by atoms with Crippen LogP contribution in [0, 0.1) is 5.92 Å². The van der Waals surface area contributed by atoms with Gasteiger partial charge in [-0.25, -0.2) is 0 Å². The predicted molar refractivity (Wildman–Crippen MR) is 102 cm³/mol. The second-order valence-electron chi connectivity index (χ2n) is 7.36. The molecule has 1 aliphatic rings. The highest BCUT2D eigenvalue weighted by molar-refractivity contribution is 5.91. The Hall–Kier alpha value is -1.63. The van der Waals surface area contributed by atoms with E-state index in [4.69, 9.17) is 5.73 Å². The molecule has 1 rings (SSSR count). The average molecular weight is 369 g/mol. The largest absolute Gasteiger partial charge is 0.368 e. The lowest BCUT2D eigenvalue weighted by atomic mass is 9.86. The van der Waals surface area contributed by atoms with Crippen LogP contribution in [0.3, 0.4) is 0 Å². The number of primary amides is 1. The molecular weight excluding hydrogens is 332 g/mol. The molecule has 0 aromatic heterocycles.